The van der Waals surface area contributed by atoms with E-state index in [0.717, 1.165) is 43.6 Å². The van der Waals surface area contributed by atoms with Crippen LogP contribution < -0.4 is 9.80 Å². The summed E-state index contributed by atoms with van der Waals surface area (Å²) in [5, 5.41) is 17.4. The van der Waals surface area contributed by atoms with Crippen LogP contribution in [-0.4, -0.2) is 88.5 Å². The Morgan fingerprint density at radius 1 is 0.806 bits per heavy atom. The van der Waals surface area contributed by atoms with E-state index in [1.165, 1.54) is 11.0 Å². The minimum atomic E-state index is -0.101. The molecule has 2 saturated heterocycles. The van der Waals surface area contributed by atoms with E-state index < -0.39 is 0 Å². The van der Waals surface area contributed by atoms with Crippen molar-refractivity contribution < 1.29 is 9.53 Å². The first-order valence-electron chi connectivity index (χ1n) is 10.5. The molecule has 2 aliphatic heterocycles. The maximum Gasteiger partial charge on any atom is 0.276 e. The Bertz CT molecular complexity index is 1010. The SMILES string of the molecule is O=C(c1cnn(-c2ccccc2)n1)N1CCN(c2ccc(N3CCOCC3)nn2)CC1. The van der Waals surface area contributed by atoms with Gasteiger partial charge in [0.05, 0.1) is 25.1 Å². The van der Waals surface area contributed by atoms with Crippen molar-refractivity contribution in [1.82, 2.24) is 30.1 Å². The molecule has 2 fully saturated rings. The van der Waals surface area contributed by atoms with Crippen LogP contribution in [0.1, 0.15) is 10.5 Å². The van der Waals surface area contributed by atoms with Gasteiger partial charge in [0.2, 0.25) is 0 Å². The fourth-order valence-electron chi connectivity index (χ4n) is 3.80. The summed E-state index contributed by atoms with van der Waals surface area (Å²) in [5.41, 5.74) is 1.18. The van der Waals surface area contributed by atoms with Gasteiger partial charge >= 0.3 is 0 Å². The number of piperazine rings is 1. The highest BCUT2D eigenvalue weighted by Gasteiger charge is 2.25. The molecule has 2 aromatic heterocycles. The fraction of sp³-hybridized carbons (Fsp3) is 0.381. The van der Waals surface area contributed by atoms with Crippen LogP contribution in [0.4, 0.5) is 11.6 Å². The second-order valence-electron chi connectivity index (χ2n) is 7.48. The molecule has 4 heterocycles. The summed E-state index contributed by atoms with van der Waals surface area (Å²) >= 11 is 0. The Hall–Kier alpha value is -3.53. The molecule has 31 heavy (non-hydrogen) atoms. The maximum absolute atomic E-state index is 12.9. The normalized spacial score (nSPS) is 17.1. The number of morpholine rings is 1. The monoisotopic (exact) mass is 420 g/mol. The standard InChI is InChI=1S/C21H24N8O2/c30-21(18-16-22-29(25-18)17-4-2-1-3-5-17)28-10-8-26(9-11-28)19-6-7-20(24-23-19)27-12-14-31-15-13-27/h1-7,16H,8-15H2. The Kier molecular flexibility index (Phi) is 5.44. The van der Waals surface area contributed by atoms with Gasteiger partial charge in [-0.3, -0.25) is 4.79 Å². The molecule has 0 spiro atoms. The van der Waals surface area contributed by atoms with Crippen molar-refractivity contribution in [2.24, 2.45) is 0 Å². The van der Waals surface area contributed by atoms with E-state index in [1.807, 2.05) is 47.4 Å². The second kappa shape index (κ2) is 8.68. The molecule has 0 radical (unpaired) electrons. The molecule has 10 heteroatoms. The van der Waals surface area contributed by atoms with Crippen molar-refractivity contribution in [3.05, 3.63) is 54.4 Å². The van der Waals surface area contributed by atoms with Gasteiger partial charge in [-0.25, -0.2) is 0 Å². The molecule has 0 aliphatic carbocycles. The van der Waals surface area contributed by atoms with Crippen molar-refractivity contribution in [2.75, 3.05) is 62.3 Å². The third-order valence-corrected chi connectivity index (χ3v) is 5.56. The van der Waals surface area contributed by atoms with E-state index in [4.69, 9.17) is 4.74 Å². The fourth-order valence-corrected chi connectivity index (χ4v) is 3.80. The third-order valence-electron chi connectivity index (χ3n) is 5.56. The van der Waals surface area contributed by atoms with Gasteiger partial charge in [0.1, 0.15) is 0 Å². The van der Waals surface area contributed by atoms with Gasteiger partial charge in [-0.15, -0.1) is 15.3 Å². The summed E-state index contributed by atoms with van der Waals surface area (Å²) in [6, 6.07) is 13.6. The van der Waals surface area contributed by atoms with E-state index in [9.17, 15) is 4.79 Å². The number of amides is 1. The summed E-state index contributed by atoms with van der Waals surface area (Å²) in [5.74, 6) is 1.61. The number of anilines is 2. The highest BCUT2D eigenvalue weighted by molar-refractivity contribution is 5.92. The Balaban J connectivity index is 1.18. The number of hydrogen-bond donors (Lipinski definition) is 0. The molecule has 10 nitrogen and oxygen atoms in total. The summed E-state index contributed by atoms with van der Waals surface area (Å²) in [6.07, 6.45) is 1.53. The van der Waals surface area contributed by atoms with E-state index in [1.54, 1.807) is 0 Å². The number of ether oxygens (including phenoxy) is 1. The Labute approximate surface area is 180 Å². The van der Waals surface area contributed by atoms with Crippen LogP contribution in [0.5, 0.6) is 0 Å². The smallest absolute Gasteiger partial charge is 0.276 e. The molecule has 0 bridgehead atoms. The lowest BCUT2D eigenvalue weighted by molar-refractivity contribution is 0.0740. The van der Waals surface area contributed by atoms with Crippen LogP contribution >= 0.6 is 0 Å². The lowest BCUT2D eigenvalue weighted by Crippen LogP contribution is -2.49. The van der Waals surface area contributed by atoms with E-state index in [0.29, 0.717) is 31.9 Å². The van der Waals surface area contributed by atoms with Crippen LogP contribution in [0.3, 0.4) is 0 Å². The zero-order valence-corrected chi connectivity index (χ0v) is 17.2. The van der Waals surface area contributed by atoms with Crippen LogP contribution in [0.25, 0.3) is 5.69 Å². The Morgan fingerprint density at radius 3 is 2.10 bits per heavy atom. The molecule has 5 rings (SSSR count). The number of hydrogen-bond acceptors (Lipinski definition) is 8. The van der Waals surface area contributed by atoms with Crippen molar-refractivity contribution in [1.29, 1.82) is 0 Å². The maximum atomic E-state index is 12.9. The van der Waals surface area contributed by atoms with Crippen LogP contribution in [0, 0.1) is 0 Å². The van der Waals surface area contributed by atoms with E-state index >= 15 is 0 Å². The molecule has 1 aromatic carbocycles. The van der Waals surface area contributed by atoms with Crippen LogP contribution in [0.2, 0.25) is 0 Å². The lowest BCUT2D eigenvalue weighted by atomic mass is 10.2. The molecule has 2 aliphatic rings. The third kappa shape index (κ3) is 4.19. The molecule has 1 amide bonds. The average molecular weight is 420 g/mol. The summed E-state index contributed by atoms with van der Waals surface area (Å²) in [4.78, 5) is 20.5. The van der Waals surface area contributed by atoms with Gasteiger partial charge in [-0.2, -0.15) is 9.90 Å². The summed E-state index contributed by atoms with van der Waals surface area (Å²) < 4.78 is 5.39. The van der Waals surface area contributed by atoms with E-state index in [-0.39, 0.29) is 5.91 Å². The van der Waals surface area contributed by atoms with Gasteiger partial charge < -0.3 is 19.4 Å². The van der Waals surface area contributed by atoms with Gasteiger partial charge in [-0.1, -0.05) is 18.2 Å². The van der Waals surface area contributed by atoms with Crippen molar-refractivity contribution in [3.8, 4) is 5.69 Å². The Morgan fingerprint density at radius 2 is 1.45 bits per heavy atom. The lowest BCUT2D eigenvalue weighted by Gasteiger charge is -2.35. The highest BCUT2D eigenvalue weighted by atomic mass is 16.5. The summed E-state index contributed by atoms with van der Waals surface area (Å²) in [6.45, 7) is 5.71. The molecule has 0 atom stereocenters. The topological polar surface area (TPSA) is 92.5 Å². The van der Waals surface area contributed by atoms with E-state index in [2.05, 4.69) is 30.2 Å². The number of benzene rings is 1. The highest BCUT2D eigenvalue weighted by Crippen LogP contribution is 2.18. The average Bonchev–Trinajstić information content (AvgIpc) is 3.35. The zero-order valence-electron chi connectivity index (χ0n) is 17.2. The molecular weight excluding hydrogens is 396 g/mol. The number of rotatable bonds is 4. The molecule has 0 N–H and O–H groups in total. The minimum absolute atomic E-state index is 0.101. The predicted octanol–water partition coefficient (Wildman–Crippen LogP) is 0.856. The first-order valence-corrected chi connectivity index (χ1v) is 10.5. The van der Waals surface area contributed by atoms with Crippen LogP contribution in [0.15, 0.2) is 48.7 Å². The first-order chi connectivity index (χ1) is 15.3. The molecule has 0 saturated carbocycles. The van der Waals surface area contributed by atoms with Crippen molar-refractivity contribution in [2.45, 2.75) is 0 Å². The molecular formula is C21H24N8O2. The van der Waals surface area contributed by atoms with Gasteiger partial charge in [-0.05, 0) is 24.3 Å². The first kappa shape index (κ1) is 19.4. The zero-order chi connectivity index (χ0) is 21.0. The summed E-state index contributed by atoms with van der Waals surface area (Å²) in [7, 11) is 0. The number of aromatic nitrogens is 5. The van der Waals surface area contributed by atoms with Gasteiger partial charge in [0.15, 0.2) is 17.3 Å². The quantitative estimate of drug-likeness (QED) is 0.614. The van der Waals surface area contributed by atoms with Crippen molar-refractivity contribution >= 4 is 17.5 Å². The largest absolute Gasteiger partial charge is 0.378 e. The second-order valence-corrected chi connectivity index (χ2v) is 7.48. The number of carbonyl (C=O) groups excluding carboxylic acids is 1. The van der Waals surface area contributed by atoms with Crippen LogP contribution in [-0.2, 0) is 4.74 Å². The van der Waals surface area contributed by atoms with Crippen molar-refractivity contribution in [3.63, 3.8) is 0 Å². The number of carbonyl (C=O) groups is 1. The number of nitrogens with zero attached hydrogens (tertiary/aromatic N) is 8. The number of para-hydroxylation sites is 1. The minimum Gasteiger partial charge on any atom is -0.378 e. The predicted molar refractivity (Wildman–Crippen MR) is 115 cm³/mol. The van der Waals surface area contributed by atoms with Gasteiger partial charge in [0, 0.05) is 39.3 Å². The molecule has 160 valence electrons. The molecule has 0 unspecified atom stereocenters. The molecule has 3 aromatic rings. The van der Waals surface area contributed by atoms with Gasteiger partial charge in [0.25, 0.3) is 5.91 Å².